The number of fused-ring (bicyclic) bond motifs is 7. The van der Waals surface area contributed by atoms with Crippen molar-refractivity contribution in [3.63, 3.8) is 0 Å². The fourth-order valence-corrected chi connectivity index (χ4v) is 14.9. The average Bonchev–Trinajstić information content (AvgIpc) is 3.58. The second kappa shape index (κ2) is 13.4. The van der Waals surface area contributed by atoms with Crippen molar-refractivity contribution in [3.05, 3.63) is 23.3 Å². The molecule has 0 aromatic rings. The van der Waals surface area contributed by atoms with Crippen LogP contribution in [0.15, 0.2) is 23.3 Å². The van der Waals surface area contributed by atoms with Crippen LogP contribution in [0.3, 0.4) is 0 Å². The fourth-order valence-electron chi connectivity index (χ4n) is 11.9. The standard InChI is InChI=1S/C41H59N3O4S2/c1-36(2)15-17-41(35(48)44-20-19-43-32(46)11-9-8-10-27-13-21-49-50-27)18-16-40(7)33(28(41)24-36)29(45)22-31-38(5)23-26(25-42)34(47)37(3,4)30(38)12-14-39(31,40)6/h22-23,27-28,30,33H,8-21,24H2,1-7H3,(H,43,46)(H,44,48)/t27-,28-,30+,33+,38+,39-,40-,41+/m1/s1. The molecular weight excluding hydrogens is 663 g/mol. The molecule has 6 aliphatic rings. The largest absolute Gasteiger partial charge is 0.354 e. The normalized spacial score (nSPS) is 39.8. The van der Waals surface area contributed by atoms with E-state index in [-0.39, 0.29) is 63.0 Å². The number of ketones is 2. The molecule has 50 heavy (non-hydrogen) atoms. The number of unbranched alkanes of at least 4 members (excludes halogenated alkanes) is 1. The van der Waals surface area contributed by atoms with Gasteiger partial charge in [0.05, 0.1) is 11.0 Å². The van der Waals surface area contributed by atoms with E-state index in [4.69, 9.17) is 0 Å². The first-order valence-electron chi connectivity index (χ1n) is 19.2. The van der Waals surface area contributed by atoms with Crippen molar-refractivity contribution in [2.75, 3.05) is 18.8 Å². The van der Waals surface area contributed by atoms with Gasteiger partial charge in [0, 0.05) is 47.3 Å². The van der Waals surface area contributed by atoms with Crippen LogP contribution in [0.25, 0.3) is 0 Å². The fraction of sp³-hybridized carbons (Fsp3) is 0.780. The van der Waals surface area contributed by atoms with Crippen LogP contribution < -0.4 is 10.6 Å². The Morgan fingerprint density at radius 1 is 0.940 bits per heavy atom. The van der Waals surface area contributed by atoms with E-state index in [0.717, 1.165) is 68.6 Å². The number of Topliss-reactive ketones (excluding diaryl/α,β-unsaturated/α-hetero) is 1. The molecule has 7 nitrogen and oxygen atoms in total. The van der Waals surface area contributed by atoms with Gasteiger partial charge in [0.1, 0.15) is 6.07 Å². The molecule has 0 radical (unpaired) electrons. The molecule has 0 unspecified atom stereocenters. The molecule has 274 valence electrons. The van der Waals surface area contributed by atoms with E-state index in [2.05, 4.69) is 51.3 Å². The molecule has 1 heterocycles. The lowest BCUT2D eigenvalue weighted by molar-refractivity contribution is -0.178. The number of carbonyl (C=O) groups excluding carboxylic acids is 4. The molecule has 6 rings (SSSR count). The minimum absolute atomic E-state index is 0.00430. The first kappa shape index (κ1) is 37.7. The van der Waals surface area contributed by atoms with Crippen molar-refractivity contribution in [3.8, 4) is 6.07 Å². The minimum atomic E-state index is -0.697. The molecule has 4 fully saturated rings. The average molecular weight is 722 g/mol. The summed E-state index contributed by atoms with van der Waals surface area (Å²) in [5, 5.41) is 17.0. The maximum Gasteiger partial charge on any atom is 0.226 e. The van der Waals surface area contributed by atoms with Crippen molar-refractivity contribution in [1.82, 2.24) is 10.6 Å². The number of allylic oxidation sites excluding steroid dienone is 4. The zero-order valence-electron chi connectivity index (χ0n) is 31.5. The number of carbonyl (C=O) groups is 4. The molecule has 9 heteroatoms. The zero-order chi connectivity index (χ0) is 36.3. The summed E-state index contributed by atoms with van der Waals surface area (Å²) in [4.78, 5) is 55.1. The van der Waals surface area contributed by atoms with Gasteiger partial charge in [-0.3, -0.25) is 19.2 Å². The number of nitriles is 1. The van der Waals surface area contributed by atoms with Gasteiger partial charge in [0.25, 0.3) is 0 Å². The number of nitrogens with zero attached hydrogens (tertiary/aromatic N) is 1. The van der Waals surface area contributed by atoms with E-state index in [1.807, 2.05) is 47.6 Å². The van der Waals surface area contributed by atoms with Crippen molar-refractivity contribution in [2.24, 2.45) is 50.2 Å². The highest BCUT2D eigenvalue weighted by Crippen LogP contribution is 2.74. The monoisotopic (exact) mass is 721 g/mol. The first-order valence-corrected chi connectivity index (χ1v) is 21.6. The van der Waals surface area contributed by atoms with Gasteiger partial charge in [-0.25, -0.2) is 0 Å². The Morgan fingerprint density at radius 3 is 2.36 bits per heavy atom. The third-order valence-electron chi connectivity index (χ3n) is 15.0. The highest BCUT2D eigenvalue weighted by atomic mass is 33.1. The number of hydrogen-bond acceptors (Lipinski definition) is 7. The summed E-state index contributed by atoms with van der Waals surface area (Å²) in [5.74, 6) is 0.978. The van der Waals surface area contributed by atoms with Crippen LogP contribution in [0, 0.1) is 61.6 Å². The first-order chi connectivity index (χ1) is 23.4. The Morgan fingerprint density at radius 2 is 1.66 bits per heavy atom. The van der Waals surface area contributed by atoms with Crippen molar-refractivity contribution < 1.29 is 19.2 Å². The van der Waals surface area contributed by atoms with Gasteiger partial charge in [-0.05, 0) is 98.4 Å². The highest BCUT2D eigenvalue weighted by molar-refractivity contribution is 8.77. The van der Waals surface area contributed by atoms with Crippen molar-refractivity contribution >= 4 is 45.0 Å². The molecule has 2 amide bonds. The molecule has 0 aromatic carbocycles. The molecule has 0 bridgehead atoms. The Hall–Kier alpha value is -2.05. The Kier molecular flexibility index (Phi) is 10.1. The third kappa shape index (κ3) is 6.04. The molecule has 3 saturated carbocycles. The lowest BCUT2D eigenvalue weighted by Crippen LogP contribution is -2.66. The summed E-state index contributed by atoms with van der Waals surface area (Å²) in [7, 11) is 3.94. The molecule has 8 atom stereocenters. The summed E-state index contributed by atoms with van der Waals surface area (Å²) in [6.07, 6.45) is 14.5. The van der Waals surface area contributed by atoms with E-state index in [1.54, 1.807) is 0 Å². The van der Waals surface area contributed by atoms with E-state index >= 15 is 0 Å². The summed E-state index contributed by atoms with van der Waals surface area (Å²) in [6, 6.07) is 2.19. The summed E-state index contributed by atoms with van der Waals surface area (Å²) in [5.41, 5.74) is -1.26. The molecule has 1 saturated heterocycles. The Balaban J connectivity index is 1.20. The molecule has 0 spiro atoms. The van der Waals surface area contributed by atoms with Crippen LogP contribution in [0.4, 0.5) is 0 Å². The van der Waals surface area contributed by atoms with E-state index in [9.17, 15) is 24.4 Å². The van der Waals surface area contributed by atoms with Crippen LogP contribution in [0.2, 0.25) is 0 Å². The molecule has 1 aliphatic heterocycles. The highest BCUT2D eigenvalue weighted by Gasteiger charge is 2.70. The van der Waals surface area contributed by atoms with Crippen molar-refractivity contribution in [2.45, 2.75) is 131 Å². The predicted octanol–water partition coefficient (Wildman–Crippen LogP) is 8.15. The van der Waals surface area contributed by atoms with Gasteiger partial charge in [-0.2, -0.15) is 5.26 Å². The Labute approximate surface area is 308 Å². The maximum atomic E-state index is 14.8. The molecule has 5 aliphatic carbocycles. The van der Waals surface area contributed by atoms with Gasteiger partial charge >= 0.3 is 0 Å². The van der Waals surface area contributed by atoms with E-state index in [0.29, 0.717) is 19.5 Å². The van der Waals surface area contributed by atoms with Crippen molar-refractivity contribution in [1.29, 1.82) is 5.26 Å². The van der Waals surface area contributed by atoms with E-state index in [1.165, 1.54) is 18.6 Å². The van der Waals surface area contributed by atoms with Crippen LogP contribution in [-0.2, 0) is 19.2 Å². The lowest BCUT2D eigenvalue weighted by Gasteiger charge is -2.69. The van der Waals surface area contributed by atoms with Gasteiger partial charge in [0.2, 0.25) is 11.8 Å². The maximum absolute atomic E-state index is 14.8. The van der Waals surface area contributed by atoms with Gasteiger partial charge in [-0.15, -0.1) is 0 Å². The molecule has 0 aromatic heterocycles. The summed E-state index contributed by atoms with van der Waals surface area (Å²) >= 11 is 0. The van der Waals surface area contributed by atoms with Gasteiger partial charge < -0.3 is 10.6 Å². The van der Waals surface area contributed by atoms with Crippen LogP contribution in [0.1, 0.15) is 126 Å². The van der Waals surface area contributed by atoms with E-state index < -0.39 is 16.2 Å². The minimum Gasteiger partial charge on any atom is -0.354 e. The molecule has 2 N–H and O–H groups in total. The second-order valence-corrected chi connectivity index (χ2v) is 21.4. The smallest absolute Gasteiger partial charge is 0.226 e. The predicted molar refractivity (Wildman–Crippen MR) is 202 cm³/mol. The van der Waals surface area contributed by atoms with Gasteiger partial charge in [-0.1, -0.05) is 88.1 Å². The summed E-state index contributed by atoms with van der Waals surface area (Å²) in [6.45, 7) is 16.1. The number of rotatable bonds is 9. The quantitative estimate of drug-likeness (QED) is 0.182. The zero-order valence-corrected chi connectivity index (χ0v) is 33.1. The second-order valence-electron chi connectivity index (χ2n) is 18.6. The third-order valence-corrected chi connectivity index (χ3v) is 18.0. The SMILES string of the molecule is CC1(C)CC[C@]2(C(=O)NCCNC(=O)CCCC[C@@H]3CCSS3)CC[C@]3(C)[C@H](C(=O)C=C4[C@@]5(C)C=C(C#N)C(=O)C(C)(C)[C@@H]5CC[C@]43C)[C@H]2C1. The lowest BCUT2D eigenvalue weighted by atomic mass is 9.34. The Bertz CT molecular complexity index is 1540. The number of hydrogen-bond donors (Lipinski definition) is 2. The van der Waals surface area contributed by atoms with Crippen LogP contribution in [0.5, 0.6) is 0 Å². The molecular formula is C41H59N3O4S2. The number of nitrogens with one attached hydrogen (secondary N) is 2. The number of amides is 2. The summed E-state index contributed by atoms with van der Waals surface area (Å²) < 4.78 is 0. The van der Waals surface area contributed by atoms with Crippen LogP contribution in [-0.4, -0.2) is 47.5 Å². The van der Waals surface area contributed by atoms with Gasteiger partial charge in [0.15, 0.2) is 11.6 Å². The topological polar surface area (TPSA) is 116 Å². The van der Waals surface area contributed by atoms with Crippen LogP contribution >= 0.6 is 21.6 Å².